The maximum Gasteiger partial charge on any atom is 0.124 e. The summed E-state index contributed by atoms with van der Waals surface area (Å²) in [7, 11) is 0. The van der Waals surface area contributed by atoms with E-state index >= 15 is 0 Å². The average Bonchev–Trinajstić information content (AvgIpc) is 2.36. The van der Waals surface area contributed by atoms with Gasteiger partial charge in [-0.2, -0.15) is 5.10 Å². The molecule has 0 spiro atoms. The van der Waals surface area contributed by atoms with E-state index in [2.05, 4.69) is 25.9 Å². The molecule has 1 rings (SSSR count). The molecule has 2 N–H and O–H groups in total. The van der Waals surface area contributed by atoms with E-state index in [4.69, 9.17) is 5.73 Å². The molecule has 0 saturated carbocycles. The number of aryl methyl sites for hydroxylation is 1. The molecule has 3 heteroatoms. The fourth-order valence-corrected chi connectivity index (χ4v) is 1.12. The predicted octanol–water partition coefficient (Wildman–Crippen LogP) is 2.07. The van der Waals surface area contributed by atoms with Crippen LogP contribution < -0.4 is 5.73 Å². The summed E-state index contributed by atoms with van der Waals surface area (Å²) < 4.78 is 1.89. The molecule has 1 heterocycles. The summed E-state index contributed by atoms with van der Waals surface area (Å²) in [4.78, 5) is 0. The largest absolute Gasteiger partial charge is 0.384 e. The van der Waals surface area contributed by atoms with Crippen LogP contribution in [0, 0.1) is 18.8 Å². The lowest BCUT2D eigenvalue weighted by Gasteiger charge is -2.16. The summed E-state index contributed by atoms with van der Waals surface area (Å²) in [6.07, 6.45) is 1.82. The molecule has 1 atom stereocenters. The molecule has 1 aromatic heterocycles. The van der Waals surface area contributed by atoms with Gasteiger partial charge in [0.05, 0.1) is 6.20 Å². The first-order valence-corrected chi connectivity index (χ1v) is 4.80. The highest BCUT2D eigenvalue weighted by Crippen LogP contribution is 2.16. The van der Waals surface area contributed by atoms with Gasteiger partial charge in [0.25, 0.3) is 0 Å². The lowest BCUT2D eigenvalue weighted by atomic mass is 9.98. The summed E-state index contributed by atoms with van der Waals surface area (Å²) in [6, 6.07) is 0. The molecule has 0 amide bonds. The van der Waals surface area contributed by atoms with Crippen molar-refractivity contribution in [3.8, 4) is 0 Å². The lowest BCUT2D eigenvalue weighted by molar-refractivity contribution is 0.351. The van der Waals surface area contributed by atoms with E-state index in [0.29, 0.717) is 11.8 Å². The van der Waals surface area contributed by atoms with E-state index in [-0.39, 0.29) is 0 Å². The Balaban J connectivity index is 2.69. The molecule has 0 aliphatic rings. The van der Waals surface area contributed by atoms with Gasteiger partial charge in [-0.3, -0.25) is 0 Å². The molecular formula is C10H19N3. The Morgan fingerprint density at radius 2 is 2.08 bits per heavy atom. The molecule has 3 nitrogen and oxygen atoms in total. The Labute approximate surface area is 79.9 Å². The van der Waals surface area contributed by atoms with Crippen molar-refractivity contribution < 1.29 is 0 Å². The van der Waals surface area contributed by atoms with Gasteiger partial charge in [0.15, 0.2) is 0 Å². The van der Waals surface area contributed by atoms with Crippen molar-refractivity contribution in [2.75, 3.05) is 5.73 Å². The highest BCUT2D eigenvalue weighted by molar-refractivity contribution is 5.36. The van der Waals surface area contributed by atoms with Gasteiger partial charge in [-0.15, -0.1) is 0 Å². The molecule has 1 unspecified atom stereocenters. The molecule has 0 radical (unpaired) electrons. The van der Waals surface area contributed by atoms with E-state index in [9.17, 15) is 0 Å². The monoisotopic (exact) mass is 181 g/mol. The van der Waals surface area contributed by atoms with Crippen LogP contribution in [0.3, 0.4) is 0 Å². The Hall–Kier alpha value is -0.990. The smallest absolute Gasteiger partial charge is 0.124 e. The second-order valence-electron chi connectivity index (χ2n) is 4.12. The summed E-state index contributed by atoms with van der Waals surface area (Å²) >= 11 is 0. The SMILES string of the molecule is Cc1cnn(CC(C)C(C)C)c1N. The number of rotatable bonds is 3. The van der Waals surface area contributed by atoms with Crippen LogP contribution in [0.1, 0.15) is 26.3 Å². The van der Waals surface area contributed by atoms with Crippen LogP contribution in [0.4, 0.5) is 5.82 Å². The number of aromatic nitrogens is 2. The summed E-state index contributed by atoms with van der Waals surface area (Å²) in [5.41, 5.74) is 6.92. The highest BCUT2D eigenvalue weighted by Gasteiger charge is 2.10. The fourth-order valence-electron chi connectivity index (χ4n) is 1.12. The first-order chi connectivity index (χ1) is 6.02. The Bertz CT molecular complexity index is 276. The Morgan fingerprint density at radius 3 is 2.46 bits per heavy atom. The molecule has 0 aliphatic carbocycles. The van der Waals surface area contributed by atoms with Crippen molar-refractivity contribution in [3.05, 3.63) is 11.8 Å². The maximum absolute atomic E-state index is 5.85. The van der Waals surface area contributed by atoms with E-state index in [1.54, 1.807) is 0 Å². The fraction of sp³-hybridized carbons (Fsp3) is 0.700. The molecule has 0 bridgehead atoms. The number of nitrogens with two attached hydrogens (primary N) is 1. The summed E-state index contributed by atoms with van der Waals surface area (Å²) in [5.74, 6) is 2.08. The van der Waals surface area contributed by atoms with Crippen LogP contribution >= 0.6 is 0 Å². The summed E-state index contributed by atoms with van der Waals surface area (Å²) in [6.45, 7) is 9.56. The molecule has 0 aromatic carbocycles. The maximum atomic E-state index is 5.85. The van der Waals surface area contributed by atoms with Gasteiger partial charge in [0.1, 0.15) is 5.82 Å². The van der Waals surface area contributed by atoms with Gasteiger partial charge in [0.2, 0.25) is 0 Å². The molecule has 1 aromatic rings. The quantitative estimate of drug-likeness (QED) is 0.775. The first kappa shape index (κ1) is 10.1. The summed E-state index contributed by atoms with van der Waals surface area (Å²) in [5, 5.41) is 4.23. The zero-order chi connectivity index (χ0) is 10.0. The van der Waals surface area contributed by atoms with Crippen molar-refractivity contribution in [1.82, 2.24) is 9.78 Å². The zero-order valence-corrected chi connectivity index (χ0v) is 8.91. The zero-order valence-electron chi connectivity index (χ0n) is 8.91. The van der Waals surface area contributed by atoms with Crippen LogP contribution in [0.15, 0.2) is 6.20 Å². The van der Waals surface area contributed by atoms with E-state index in [1.165, 1.54) is 0 Å². The van der Waals surface area contributed by atoms with Crippen LogP contribution in [0.25, 0.3) is 0 Å². The van der Waals surface area contributed by atoms with Gasteiger partial charge in [-0.05, 0) is 18.8 Å². The minimum absolute atomic E-state index is 0.613. The number of hydrogen-bond acceptors (Lipinski definition) is 2. The number of nitrogens with zero attached hydrogens (tertiary/aromatic N) is 2. The van der Waals surface area contributed by atoms with Gasteiger partial charge in [-0.1, -0.05) is 20.8 Å². The molecule has 0 fully saturated rings. The Kier molecular flexibility index (Phi) is 2.96. The van der Waals surface area contributed by atoms with E-state index < -0.39 is 0 Å². The van der Waals surface area contributed by atoms with Crippen LogP contribution in [0.2, 0.25) is 0 Å². The first-order valence-electron chi connectivity index (χ1n) is 4.80. The third-order valence-corrected chi connectivity index (χ3v) is 2.67. The van der Waals surface area contributed by atoms with Crippen LogP contribution in [0.5, 0.6) is 0 Å². The molecule has 74 valence electrons. The average molecular weight is 181 g/mol. The third-order valence-electron chi connectivity index (χ3n) is 2.67. The number of hydrogen-bond donors (Lipinski definition) is 1. The predicted molar refractivity (Wildman–Crippen MR) is 55.4 cm³/mol. The Morgan fingerprint density at radius 1 is 1.46 bits per heavy atom. The highest BCUT2D eigenvalue weighted by atomic mass is 15.3. The normalized spacial score (nSPS) is 13.6. The van der Waals surface area contributed by atoms with E-state index in [0.717, 1.165) is 17.9 Å². The van der Waals surface area contributed by atoms with Gasteiger partial charge >= 0.3 is 0 Å². The topological polar surface area (TPSA) is 43.8 Å². The van der Waals surface area contributed by atoms with E-state index in [1.807, 2.05) is 17.8 Å². The van der Waals surface area contributed by atoms with Gasteiger partial charge in [-0.25, -0.2) is 4.68 Å². The molecule has 13 heavy (non-hydrogen) atoms. The molecule has 0 aliphatic heterocycles. The molecule has 0 saturated heterocycles. The van der Waals surface area contributed by atoms with Crippen molar-refractivity contribution in [3.63, 3.8) is 0 Å². The minimum Gasteiger partial charge on any atom is -0.384 e. The van der Waals surface area contributed by atoms with Crippen molar-refractivity contribution in [1.29, 1.82) is 0 Å². The second kappa shape index (κ2) is 3.81. The second-order valence-corrected chi connectivity index (χ2v) is 4.12. The standard InChI is InChI=1S/C10H19N3/c1-7(2)9(4)6-13-10(11)8(3)5-12-13/h5,7,9H,6,11H2,1-4H3. The lowest BCUT2D eigenvalue weighted by Crippen LogP contribution is -2.15. The van der Waals surface area contributed by atoms with Crippen molar-refractivity contribution in [2.24, 2.45) is 11.8 Å². The third kappa shape index (κ3) is 2.23. The van der Waals surface area contributed by atoms with Gasteiger partial charge < -0.3 is 5.73 Å². The van der Waals surface area contributed by atoms with Crippen LogP contribution in [-0.2, 0) is 6.54 Å². The van der Waals surface area contributed by atoms with Crippen molar-refractivity contribution >= 4 is 5.82 Å². The van der Waals surface area contributed by atoms with Gasteiger partial charge in [0, 0.05) is 12.1 Å². The number of anilines is 1. The number of nitrogen functional groups attached to an aromatic ring is 1. The minimum atomic E-state index is 0.613. The van der Waals surface area contributed by atoms with Crippen LogP contribution in [-0.4, -0.2) is 9.78 Å². The molecular weight excluding hydrogens is 162 g/mol. The van der Waals surface area contributed by atoms with Crippen molar-refractivity contribution in [2.45, 2.75) is 34.2 Å².